The zero-order valence-electron chi connectivity index (χ0n) is 11.7. The number of hydrogen-bond acceptors (Lipinski definition) is 1. The molecule has 0 spiro atoms. The van der Waals surface area contributed by atoms with Gasteiger partial charge in [0.2, 0.25) is 0 Å². The summed E-state index contributed by atoms with van der Waals surface area (Å²) in [4.78, 5) is 4.36. The Morgan fingerprint density at radius 3 is 2.81 bits per heavy atom. The Bertz CT molecular complexity index is 513. The molecule has 2 fully saturated rings. The first-order valence-electron chi connectivity index (χ1n) is 7.15. The predicted octanol–water partition coefficient (Wildman–Crippen LogP) is 3.66. The molecule has 2 aliphatic carbocycles. The second-order valence-corrected chi connectivity index (χ2v) is 6.16. The van der Waals surface area contributed by atoms with Crippen LogP contribution in [0.4, 0.5) is 4.39 Å². The quantitative estimate of drug-likeness (QED) is 0.441. The molecule has 116 valence electrons. The lowest BCUT2D eigenvalue weighted by atomic mass is 9.86. The van der Waals surface area contributed by atoms with Gasteiger partial charge in [0.05, 0.1) is 0 Å². The lowest BCUT2D eigenvalue weighted by Crippen LogP contribution is -2.35. The van der Waals surface area contributed by atoms with Gasteiger partial charge in [-0.15, -0.1) is 24.0 Å². The smallest absolute Gasteiger partial charge is 0.188 e. The van der Waals surface area contributed by atoms with Gasteiger partial charge in [-0.25, -0.2) is 4.39 Å². The van der Waals surface area contributed by atoms with Gasteiger partial charge >= 0.3 is 0 Å². The minimum Gasteiger partial charge on any atom is -0.370 e. The van der Waals surface area contributed by atoms with Gasteiger partial charge in [0.1, 0.15) is 5.82 Å². The molecule has 0 aliphatic heterocycles. The highest BCUT2D eigenvalue weighted by Gasteiger charge is 2.41. The van der Waals surface area contributed by atoms with Crippen molar-refractivity contribution in [2.45, 2.75) is 37.6 Å². The van der Waals surface area contributed by atoms with Crippen LogP contribution < -0.4 is 11.1 Å². The van der Waals surface area contributed by atoms with E-state index in [2.05, 4.69) is 10.3 Å². The molecule has 0 aromatic heterocycles. The predicted molar refractivity (Wildman–Crippen MR) is 94.9 cm³/mol. The molecular weight excluding hydrogens is 404 g/mol. The SMILES string of the molecule is I.NC(=NCC1CCC1)NC1CC1c1c(F)cccc1Cl. The molecule has 0 radical (unpaired) electrons. The number of halogens is 3. The highest BCUT2D eigenvalue weighted by molar-refractivity contribution is 14.0. The molecule has 0 saturated heterocycles. The van der Waals surface area contributed by atoms with Crippen LogP contribution in [0.5, 0.6) is 0 Å². The minimum atomic E-state index is -0.239. The van der Waals surface area contributed by atoms with E-state index in [-0.39, 0.29) is 41.8 Å². The second kappa shape index (κ2) is 7.13. The summed E-state index contributed by atoms with van der Waals surface area (Å²) in [6, 6.07) is 4.95. The third-order valence-electron chi connectivity index (χ3n) is 4.24. The van der Waals surface area contributed by atoms with Crippen LogP contribution >= 0.6 is 35.6 Å². The van der Waals surface area contributed by atoms with Crippen LogP contribution in [0.2, 0.25) is 5.02 Å². The standard InChI is InChI=1S/C15H19ClFN3.HI/c16-11-5-2-6-12(17)14(11)10-7-13(10)20-15(18)19-8-9-3-1-4-9;/h2,5-6,9-10,13H,1,3-4,7-8H2,(H3,18,19,20);1H. The summed E-state index contributed by atoms with van der Waals surface area (Å²) < 4.78 is 13.8. The molecule has 0 heterocycles. The number of aliphatic imine (C=N–C) groups is 1. The maximum Gasteiger partial charge on any atom is 0.188 e. The van der Waals surface area contributed by atoms with E-state index < -0.39 is 0 Å². The Hall–Kier alpha value is -0.560. The molecule has 3 N–H and O–H groups in total. The maximum atomic E-state index is 13.8. The van der Waals surface area contributed by atoms with Gasteiger partial charge < -0.3 is 11.1 Å². The molecule has 0 bridgehead atoms. The fraction of sp³-hybridized carbons (Fsp3) is 0.533. The number of nitrogens with zero attached hydrogens (tertiary/aromatic N) is 1. The van der Waals surface area contributed by atoms with E-state index in [0.717, 1.165) is 13.0 Å². The summed E-state index contributed by atoms with van der Waals surface area (Å²) in [7, 11) is 0. The topological polar surface area (TPSA) is 50.4 Å². The van der Waals surface area contributed by atoms with Crippen molar-refractivity contribution >= 4 is 41.5 Å². The van der Waals surface area contributed by atoms with E-state index in [1.807, 2.05) is 0 Å². The van der Waals surface area contributed by atoms with Crippen LogP contribution in [0.1, 0.15) is 37.2 Å². The molecule has 1 aromatic carbocycles. The van der Waals surface area contributed by atoms with Crippen molar-refractivity contribution in [3.8, 4) is 0 Å². The van der Waals surface area contributed by atoms with E-state index in [4.69, 9.17) is 17.3 Å². The van der Waals surface area contributed by atoms with Crippen LogP contribution in [0.15, 0.2) is 23.2 Å². The average Bonchev–Trinajstić information content (AvgIpc) is 3.05. The second-order valence-electron chi connectivity index (χ2n) is 5.75. The van der Waals surface area contributed by atoms with Crippen molar-refractivity contribution < 1.29 is 4.39 Å². The number of hydrogen-bond donors (Lipinski definition) is 2. The third kappa shape index (κ3) is 4.00. The van der Waals surface area contributed by atoms with Gasteiger partial charge in [-0.05, 0) is 37.3 Å². The van der Waals surface area contributed by atoms with Crippen molar-refractivity contribution in [1.82, 2.24) is 5.32 Å². The Morgan fingerprint density at radius 1 is 1.43 bits per heavy atom. The van der Waals surface area contributed by atoms with Gasteiger partial charge in [0.15, 0.2) is 5.96 Å². The van der Waals surface area contributed by atoms with Gasteiger partial charge in [-0.3, -0.25) is 4.99 Å². The molecule has 21 heavy (non-hydrogen) atoms. The van der Waals surface area contributed by atoms with Gasteiger partial charge in [0, 0.05) is 29.1 Å². The van der Waals surface area contributed by atoms with Crippen molar-refractivity contribution in [1.29, 1.82) is 0 Å². The first-order valence-corrected chi connectivity index (χ1v) is 7.53. The van der Waals surface area contributed by atoms with Crippen molar-refractivity contribution in [3.05, 3.63) is 34.6 Å². The Balaban J connectivity index is 0.00000161. The monoisotopic (exact) mass is 423 g/mol. The Kier molecular flexibility index (Phi) is 5.71. The fourth-order valence-electron chi connectivity index (χ4n) is 2.68. The average molecular weight is 424 g/mol. The van der Waals surface area contributed by atoms with E-state index in [0.29, 0.717) is 22.5 Å². The number of nitrogens with one attached hydrogen (secondary N) is 1. The molecule has 6 heteroatoms. The highest BCUT2D eigenvalue weighted by atomic mass is 127. The molecule has 1 aromatic rings. The summed E-state index contributed by atoms with van der Waals surface area (Å²) in [5, 5.41) is 3.65. The summed E-state index contributed by atoms with van der Waals surface area (Å²) in [5.74, 6) is 1.03. The van der Waals surface area contributed by atoms with Crippen molar-refractivity contribution in [2.24, 2.45) is 16.6 Å². The van der Waals surface area contributed by atoms with Gasteiger partial charge in [-0.2, -0.15) is 0 Å². The third-order valence-corrected chi connectivity index (χ3v) is 4.57. The largest absolute Gasteiger partial charge is 0.370 e. The Morgan fingerprint density at radius 2 is 2.19 bits per heavy atom. The van der Waals surface area contributed by atoms with Crippen LogP contribution in [-0.4, -0.2) is 18.5 Å². The molecule has 2 aliphatic rings. The summed E-state index contributed by atoms with van der Waals surface area (Å²) >= 11 is 6.07. The van der Waals surface area contributed by atoms with E-state index >= 15 is 0 Å². The van der Waals surface area contributed by atoms with E-state index in [9.17, 15) is 4.39 Å². The molecule has 0 amide bonds. The highest BCUT2D eigenvalue weighted by Crippen LogP contribution is 2.44. The summed E-state index contributed by atoms with van der Waals surface area (Å²) in [5.41, 5.74) is 6.47. The zero-order valence-corrected chi connectivity index (χ0v) is 14.8. The van der Waals surface area contributed by atoms with Gasteiger partial charge in [0.25, 0.3) is 0 Å². The molecule has 2 unspecified atom stereocenters. The molecule has 3 rings (SSSR count). The first-order chi connectivity index (χ1) is 9.65. The van der Waals surface area contributed by atoms with Gasteiger partial charge in [-0.1, -0.05) is 24.1 Å². The maximum absolute atomic E-state index is 13.8. The van der Waals surface area contributed by atoms with Crippen molar-refractivity contribution in [3.63, 3.8) is 0 Å². The van der Waals surface area contributed by atoms with Crippen molar-refractivity contribution in [2.75, 3.05) is 6.54 Å². The first kappa shape index (κ1) is 16.8. The normalized spacial score (nSPS) is 25.0. The lowest BCUT2D eigenvalue weighted by Gasteiger charge is -2.23. The number of rotatable bonds is 4. The summed E-state index contributed by atoms with van der Waals surface area (Å²) in [6.45, 7) is 0.802. The molecular formula is C15H20ClFIN3. The van der Waals surface area contributed by atoms with Crippen LogP contribution in [0, 0.1) is 11.7 Å². The summed E-state index contributed by atoms with van der Waals surface area (Å²) in [6.07, 6.45) is 4.67. The minimum absolute atomic E-state index is 0. The van der Waals surface area contributed by atoms with E-state index in [1.54, 1.807) is 12.1 Å². The number of guanidine groups is 1. The zero-order chi connectivity index (χ0) is 14.1. The Labute approximate surface area is 146 Å². The van der Waals surface area contributed by atoms with E-state index in [1.165, 1.54) is 25.3 Å². The number of nitrogens with two attached hydrogens (primary N) is 1. The van der Waals surface area contributed by atoms with Crippen LogP contribution in [-0.2, 0) is 0 Å². The number of benzene rings is 1. The molecule has 3 nitrogen and oxygen atoms in total. The molecule has 2 saturated carbocycles. The van der Waals surface area contributed by atoms with Crippen LogP contribution in [0.3, 0.4) is 0 Å². The lowest BCUT2D eigenvalue weighted by molar-refractivity contribution is 0.326. The van der Waals surface area contributed by atoms with Crippen LogP contribution in [0.25, 0.3) is 0 Å². The molecule has 2 atom stereocenters. The fourth-order valence-corrected chi connectivity index (χ4v) is 2.98.